The lowest BCUT2D eigenvalue weighted by molar-refractivity contribution is -0.118. The van der Waals surface area contributed by atoms with Crippen molar-refractivity contribution in [2.45, 2.75) is 12.3 Å². The van der Waals surface area contributed by atoms with Gasteiger partial charge in [0.05, 0.1) is 5.84 Å². The zero-order valence-corrected chi connectivity index (χ0v) is 7.73. The molecule has 0 radical (unpaired) electrons. The van der Waals surface area contributed by atoms with E-state index in [-0.39, 0.29) is 12.3 Å². The molecule has 0 aliphatic carbocycles. The van der Waals surface area contributed by atoms with Crippen molar-refractivity contribution in [3.05, 3.63) is 35.9 Å². The Kier molecular flexibility index (Phi) is 3.23. The van der Waals surface area contributed by atoms with E-state index in [4.69, 9.17) is 16.9 Å². The molecule has 0 spiro atoms. The Bertz CT molecular complexity index is 334. The molecule has 5 N–H and O–H groups in total. The fourth-order valence-electron chi connectivity index (χ4n) is 1.29. The third kappa shape index (κ3) is 2.58. The van der Waals surface area contributed by atoms with Crippen LogP contribution in [-0.4, -0.2) is 11.7 Å². The summed E-state index contributed by atoms with van der Waals surface area (Å²) in [4.78, 5) is 10.8. The van der Waals surface area contributed by atoms with E-state index < -0.39 is 11.8 Å². The number of carbonyl (C=O) groups excluding carboxylic acids is 1. The second-order valence-electron chi connectivity index (χ2n) is 3.09. The molecular weight excluding hydrogens is 178 g/mol. The summed E-state index contributed by atoms with van der Waals surface area (Å²) in [6.45, 7) is 0. The molecule has 0 saturated heterocycles. The Morgan fingerprint density at radius 3 is 2.29 bits per heavy atom. The van der Waals surface area contributed by atoms with Gasteiger partial charge in [0.2, 0.25) is 5.91 Å². The second-order valence-corrected chi connectivity index (χ2v) is 3.09. The first kappa shape index (κ1) is 10.2. The summed E-state index contributed by atoms with van der Waals surface area (Å²) >= 11 is 0. The van der Waals surface area contributed by atoms with Crippen molar-refractivity contribution < 1.29 is 4.79 Å². The third-order valence-electron chi connectivity index (χ3n) is 1.98. The molecule has 14 heavy (non-hydrogen) atoms. The third-order valence-corrected chi connectivity index (χ3v) is 1.98. The maximum atomic E-state index is 10.8. The van der Waals surface area contributed by atoms with Gasteiger partial charge in [-0.15, -0.1) is 0 Å². The van der Waals surface area contributed by atoms with Crippen molar-refractivity contribution >= 4 is 11.7 Å². The number of nitrogens with two attached hydrogens (primary N) is 2. The number of hydrogen-bond acceptors (Lipinski definition) is 2. The van der Waals surface area contributed by atoms with E-state index in [9.17, 15) is 4.79 Å². The highest BCUT2D eigenvalue weighted by Crippen LogP contribution is 2.18. The van der Waals surface area contributed by atoms with Crippen LogP contribution in [0.5, 0.6) is 0 Å². The van der Waals surface area contributed by atoms with Gasteiger partial charge in [0.15, 0.2) is 0 Å². The predicted molar refractivity (Wildman–Crippen MR) is 54.9 cm³/mol. The molecule has 0 fully saturated rings. The largest absolute Gasteiger partial charge is 0.387 e. The Morgan fingerprint density at radius 2 is 1.86 bits per heavy atom. The van der Waals surface area contributed by atoms with Gasteiger partial charge in [0, 0.05) is 12.3 Å². The number of carbonyl (C=O) groups is 1. The maximum Gasteiger partial charge on any atom is 0.218 e. The highest BCUT2D eigenvalue weighted by atomic mass is 16.1. The Balaban J connectivity index is 2.89. The van der Waals surface area contributed by atoms with Gasteiger partial charge in [-0.1, -0.05) is 30.3 Å². The lowest BCUT2D eigenvalue weighted by Gasteiger charge is -2.13. The zero-order chi connectivity index (χ0) is 10.6. The number of nitrogens with one attached hydrogen (secondary N) is 1. The molecule has 1 atom stereocenters. The van der Waals surface area contributed by atoms with Crippen molar-refractivity contribution in [2.24, 2.45) is 11.5 Å². The van der Waals surface area contributed by atoms with Crippen molar-refractivity contribution in [3.8, 4) is 0 Å². The molecule has 0 aliphatic rings. The molecule has 0 aliphatic heterocycles. The fourth-order valence-corrected chi connectivity index (χ4v) is 1.29. The summed E-state index contributed by atoms with van der Waals surface area (Å²) in [6, 6.07) is 9.20. The lowest BCUT2D eigenvalue weighted by atomic mass is 9.94. The molecule has 0 saturated carbocycles. The van der Waals surface area contributed by atoms with Crippen LogP contribution in [0.15, 0.2) is 30.3 Å². The molecule has 0 aromatic heterocycles. The molecule has 74 valence electrons. The smallest absolute Gasteiger partial charge is 0.218 e. The van der Waals surface area contributed by atoms with E-state index in [0.29, 0.717) is 0 Å². The number of rotatable bonds is 4. The van der Waals surface area contributed by atoms with Gasteiger partial charge in [0.1, 0.15) is 0 Å². The molecule has 1 aromatic carbocycles. The fraction of sp³-hybridized carbons (Fsp3) is 0.200. The predicted octanol–water partition coefficient (Wildman–Crippen LogP) is 0.582. The Hall–Kier alpha value is -1.84. The van der Waals surface area contributed by atoms with Gasteiger partial charge < -0.3 is 11.5 Å². The van der Waals surface area contributed by atoms with Crippen LogP contribution >= 0.6 is 0 Å². The Labute approximate surface area is 82.4 Å². The monoisotopic (exact) mass is 191 g/mol. The molecule has 1 amide bonds. The molecule has 4 heteroatoms. The van der Waals surface area contributed by atoms with Crippen molar-refractivity contribution in [1.29, 1.82) is 5.41 Å². The first-order valence-electron chi connectivity index (χ1n) is 4.28. The number of amidine groups is 1. The molecular formula is C10H13N3O. The second kappa shape index (κ2) is 4.41. The molecule has 0 bridgehead atoms. The van der Waals surface area contributed by atoms with Gasteiger partial charge >= 0.3 is 0 Å². The minimum atomic E-state index is -0.450. The van der Waals surface area contributed by atoms with Crippen molar-refractivity contribution in [1.82, 2.24) is 0 Å². The number of benzene rings is 1. The minimum Gasteiger partial charge on any atom is -0.387 e. The van der Waals surface area contributed by atoms with E-state index in [0.717, 1.165) is 5.56 Å². The minimum absolute atomic E-state index is 0.0324. The van der Waals surface area contributed by atoms with E-state index >= 15 is 0 Å². The standard InChI is InChI=1S/C10H13N3O/c11-9(14)6-8(10(12)13)7-4-2-1-3-5-7/h1-5,8H,6H2,(H2,11,14)(H3,12,13). The van der Waals surface area contributed by atoms with Crippen LogP contribution in [0.25, 0.3) is 0 Å². The SMILES string of the molecule is N=C(N)C(CC(N)=O)c1ccccc1. The molecule has 1 aromatic rings. The van der Waals surface area contributed by atoms with E-state index in [1.54, 1.807) is 0 Å². The van der Waals surface area contributed by atoms with Crippen LogP contribution in [0.2, 0.25) is 0 Å². The zero-order valence-electron chi connectivity index (χ0n) is 7.73. The molecule has 0 heterocycles. The van der Waals surface area contributed by atoms with Crippen LogP contribution in [-0.2, 0) is 4.79 Å². The van der Waals surface area contributed by atoms with E-state index in [1.807, 2.05) is 30.3 Å². The summed E-state index contributed by atoms with van der Waals surface area (Å²) in [5.41, 5.74) is 11.3. The Morgan fingerprint density at radius 1 is 1.29 bits per heavy atom. The van der Waals surface area contributed by atoms with Crippen LogP contribution in [0.4, 0.5) is 0 Å². The van der Waals surface area contributed by atoms with Crippen molar-refractivity contribution in [3.63, 3.8) is 0 Å². The maximum absolute atomic E-state index is 10.8. The summed E-state index contributed by atoms with van der Waals surface area (Å²) in [5.74, 6) is -0.877. The number of primary amides is 1. The summed E-state index contributed by atoms with van der Waals surface area (Å²) in [6.07, 6.45) is 0.0827. The highest BCUT2D eigenvalue weighted by Gasteiger charge is 2.16. The first-order valence-corrected chi connectivity index (χ1v) is 4.28. The number of amides is 1. The van der Waals surface area contributed by atoms with Crippen LogP contribution < -0.4 is 11.5 Å². The molecule has 1 unspecified atom stereocenters. The summed E-state index contributed by atoms with van der Waals surface area (Å²) in [5, 5.41) is 7.35. The van der Waals surface area contributed by atoms with Gasteiger partial charge in [-0.2, -0.15) is 0 Å². The summed E-state index contributed by atoms with van der Waals surface area (Å²) in [7, 11) is 0. The first-order chi connectivity index (χ1) is 6.61. The highest BCUT2D eigenvalue weighted by molar-refractivity contribution is 5.89. The lowest BCUT2D eigenvalue weighted by Crippen LogP contribution is -2.25. The van der Waals surface area contributed by atoms with Gasteiger partial charge in [0.25, 0.3) is 0 Å². The topological polar surface area (TPSA) is 93.0 Å². The van der Waals surface area contributed by atoms with Gasteiger partial charge in [-0.25, -0.2) is 0 Å². The molecule has 4 nitrogen and oxygen atoms in total. The van der Waals surface area contributed by atoms with Crippen molar-refractivity contribution in [2.75, 3.05) is 0 Å². The molecule has 1 rings (SSSR count). The van der Waals surface area contributed by atoms with E-state index in [2.05, 4.69) is 0 Å². The van der Waals surface area contributed by atoms with Crippen LogP contribution in [0.3, 0.4) is 0 Å². The quantitative estimate of drug-likeness (QED) is 0.479. The normalized spacial score (nSPS) is 12.0. The average Bonchev–Trinajstić information content (AvgIpc) is 2.15. The van der Waals surface area contributed by atoms with Crippen LogP contribution in [0, 0.1) is 5.41 Å². The van der Waals surface area contributed by atoms with Crippen LogP contribution in [0.1, 0.15) is 17.9 Å². The number of hydrogen-bond donors (Lipinski definition) is 3. The van der Waals surface area contributed by atoms with Gasteiger partial charge in [-0.3, -0.25) is 10.2 Å². The van der Waals surface area contributed by atoms with E-state index in [1.165, 1.54) is 0 Å². The van der Waals surface area contributed by atoms with Gasteiger partial charge in [-0.05, 0) is 5.56 Å². The summed E-state index contributed by atoms with van der Waals surface area (Å²) < 4.78 is 0. The average molecular weight is 191 g/mol.